The fourth-order valence-corrected chi connectivity index (χ4v) is 1.76. The Kier molecular flexibility index (Phi) is 5.54. The molecule has 0 atom stereocenters. The van der Waals surface area contributed by atoms with Crippen LogP contribution in [0, 0.1) is 0 Å². The third-order valence-electron chi connectivity index (χ3n) is 2.85. The van der Waals surface area contributed by atoms with Gasteiger partial charge >= 0.3 is 6.03 Å². The molecule has 5 heteroatoms. The molecule has 0 aromatic heterocycles. The predicted molar refractivity (Wildman–Crippen MR) is 85.3 cm³/mol. The Hall–Kier alpha value is -2.82. The summed E-state index contributed by atoms with van der Waals surface area (Å²) >= 11 is 0. The molecule has 0 unspecified atom stereocenters. The molecule has 0 aliphatic carbocycles. The number of ketones is 1. The van der Waals surface area contributed by atoms with Crippen LogP contribution in [-0.4, -0.2) is 18.4 Å². The average molecular weight is 298 g/mol. The number of hydrogen-bond acceptors (Lipinski definition) is 3. The van der Waals surface area contributed by atoms with Crippen LogP contribution < -0.4 is 15.4 Å². The summed E-state index contributed by atoms with van der Waals surface area (Å²) in [5, 5.41) is 5.30. The summed E-state index contributed by atoms with van der Waals surface area (Å²) in [6.45, 7) is 1.82. The second-order valence-corrected chi connectivity index (χ2v) is 4.77. The smallest absolute Gasteiger partial charge is 0.319 e. The third-order valence-corrected chi connectivity index (χ3v) is 2.85. The zero-order valence-corrected chi connectivity index (χ0v) is 12.3. The summed E-state index contributed by atoms with van der Waals surface area (Å²) in [5.74, 6) is 1.49. The molecule has 0 saturated carbocycles. The number of carbonyl (C=O) groups excluding carboxylic acids is 2. The highest BCUT2D eigenvalue weighted by Gasteiger charge is 2.03. The molecule has 22 heavy (non-hydrogen) atoms. The van der Waals surface area contributed by atoms with Crippen molar-refractivity contribution in [3.8, 4) is 11.5 Å². The largest absolute Gasteiger partial charge is 0.457 e. The van der Waals surface area contributed by atoms with Crippen LogP contribution >= 0.6 is 0 Å². The zero-order valence-electron chi connectivity index (χ0n) is 12.3. The van der Waals surface area contributed by atoms with Gasteiger partial charge in [0.2, 0.25) is 0 Å². The van der Waals surface area contributed by atoms with Crippen molar-refractivity contribution in [2.24, 2.45) is 0 Å². The maximum atomic E-state index is 11.6. The molecule has 2 amide bonds. The van der Waals surface area contributed by atoms with Crippen molar-refractivity contribution in [2.45, 2.75) is 13.3 Å². The molecule has 0 aliphatic heterocycles. The molecule has 0 aliphatic rings. The van der Waals surface area contributed by atoms with Crippen LogP contribution in [0.2, 0.25) is 0 Å². The minimum Gasteiger partial charge on any atom is -0.457 e. The van der Waals surface area contributed by atoms with Gasteiger partial charge in [0.1, 0.15) is 17.3 Å². The fourth-order valence-electron chi connectivity index (χ4n) is 1.76. The molecular weight excluding hydrogens is 280 g/mol. The van der Waals surface area contributed by atoms with E-state index in [2.05, 4.69) is 10.6 Å². The van der Waals surface area contributed by atoms with E-state index in [1.807, 2.05) is 30.3 Å². The fraction of sp³-hybridized carbons (Fsp3) is 0.176. The lowest BCUT2D eigenvalue weighted by Gasteiger charge is -2.09. The van der Waals surface area contributed by atoms with Gasteiger partial charge in [-0.3, -0.25) is 4.79 Å². The monoisotopic (exact) mass is 298 g/mol. The first-order valence-electron chi connectivity index (χ1n) is 7.01. The minimum absolute atomic E-state index is 0.0442. The van der Waals surface area contributed by atoms with Gasteiger partial charge < -0.3 is 15.4 Å². The summed E-state index contributed by atoms with van der Waals surface area (Å²) < 4.78 is 5.66. The average Bonchev–Trinajstić information content (AvgIpc) is 2.50. The standard InChI is InChI=1S/C17H18N2O3/c1-13(20)11-12-18-17(21)19-14-7-9-16(10-8-14)22-15-5-3-2-4-6-15/h2-10H,11-12H2,1H3,(H2,18,19,21). The number of amides is 2. The summed E-state index contributed by atoms with van der Waals surface area (Å²) in [6, 6.07) is 16.2. The number of ether oxygens (including phenoxy) is 1. The number of Topliss-reactive ketones (excluding diaryl/α,β-unsaturated/α-hetero) is 1. The Morgan fingerprint density at radius 1 is 0.955 bits per heavy atom. The first-order chi connectivity index (χ1) is 10.6. The highest BCUT2D eigenvalue weighted by atomic mass is 16.5. The van der Waals surface area contributed by atoms with Crippen LogP contribution in [0.15, 0.2) is 54.6 Å². The molecule has 0 fully saturated rings. The second kappa shape index (κ2) is 7.83. The van der Waals surface area contributed by atoms with E-state index in [0.29, 0.717) is 24.4 Å². The first kappa shape index (κ1) is 15.6. The molecule has 0 saturated heterocycles. The minimum atomic E-state index is -0.335. The van der Waals surface area contributed by atoms with E-state index in [-0.39, 0.29) is 11.8 Å². The topological polar surface area (TPSA) is 67.4 Å². The maximum Gasteiger partial charge on any atom is 0.319 e. The molecule has 0 heterocycles. The van der Waals surface area contributed by atoms with E-state index in [0.717, 1.165) is 5.75 Å². The van der Waals surface area contributed by atoms with Crippen LogP contribution in [0.25, 0.3) is 0 Å². The van der Waals surface area contributed by atoms with Crippen molar-refractivity contribution >= 4 is 17.5 Å². The molecule has 0 radical (unpaired) electrons. The number of carbonyl (C=O) groups is 2. The Balaban J connectivity index is 1.84. The van der Waals surface area contributed by atoms with E-state index in [4.69, 9.17) is 4.74 Å². The van der Waals surface area contributed by atoms with Gasteiger partial charge in [0, 0.05) is 18.7 Å². The van der Waals surface area contributed by atoms with E-state index in [9.17, 15) is 9.59 Å². The normalized spacial score (nSPS) is 9.86. The van der Waals surface area contributed by atoms with Crippen molar-refractivity contribution in [3.05, 3.63) is 54.6 Å². The van der Waals surface area contributed by atoms with Crippen molar-refractivity contribution in [3.63, 3.8) is 0 Å². The Bertz CT molecular complexity index is 624. The van der Waals surface area contributed by atoms with Gasteiger partial charge in [-0.25, -0.2) is 4.79 Å². The van der Waals surface area contributed by atoms with Gasteiger partial charge in [-0.1, -0.05) is 18.2 Å². The lowest BCUT2D eigenvalue weighted by molar-refractivity contribution is -0.116. The van der Waals surface area contributed by atoms with Crippen molar-refractivity contribution in [2.75, 3.05) is 11.9 Å². The summed E-state index contributed by atoms with van der Waals surface area (Å²) in [6.07, 6.45) is 0.331. The Morgan fingerprint density at radius 2 is 1.59 bits per heavy atom. The van der Waals surface area contributed by atoms with Gasteiger partial charge in [0.15, 0.2) is 0 Å². The molecule has 2 rings (SSSR count). The van der Waals surface area contributed by atoms with Crippen LogP contribution in [0.3, 0.4) is 0 Å². The number of urea groups is 1. The van der Waals surface area contributed by atoms with E-state index in [1.54, 1.807) is 24.3 Å². The van der Waals surface area contributed by atoms with Gasteiger partial charge in [-0.2, -0.15) is 0 Å². The number of rotatable bonds is 6. The highest BCUT2D eigenvalue weighted by molar-refractivity contribution is 5.89. The van der Waals surface area contributed by atoms with Crippen molar-refractivity contribution in [1.29, 1.82) is 0 Å². The lowest BCUT2D eigenvalue weighted by atomic mass is 10.3. The maximum absolute atomic E-state index is 11.6. The van der Waals surface area contributed by atoms with Crippen molar-refractivity contribution < 1.29 is 14.3 Å². The van der Waals surface area contributed by atoms with Crippen LogP contribution in [-0.2, 0) is 4.79 Å². The van der Waals surface area contributed by atoms with E-state index in [1.165, 1.54) is 6.92 Å². The van der Waals surface area contributed by atoms with Crippen LogP contribution in [0.1, 0.15) is 13.3 Å². The Labute approximate surface area is 129 Å². The number of hydrogen-bond donors (Lipinski definition) is 2. The SMILES string of the molecule is CC(=O)CCNC(=O)Nc1ccc(Oc2ccccc2)cc1. The highest BCUT2D eigenvalue weighted by Crippen LogP contribution is 2.22. The number of nitrogens with one attached hydrogen (secondary N) is 2. The van der Waals surface area contributed by atoms with Crippen LogP contribution in [0.5, 0.6) is 11.5 Å². The number of para-hydroxylation sites is 1. The second-order valence-electron chi connectivity index (χ2n) is 4.77. The van der Waals surface area contributed by atoms with Gasteiger partial charge in [0.05, 0.1) is 0 Å². The molecule has 2 aromatic carbocycles. The summed E-state index contributed by atoms with van der Waals surface area (Å²) in [5.41, 5.74) is 0.653. The lowest BCUT2D eigenvalue weighted by Crippen LogP contribution is -2.30. The van der Waals surface area contributed by atoms with Crippen LogP contribution in [0.4, 0.5) is 10.5 Å². The van der Waals surface area contributed by atoms with E-state index >= 15 is 0 Å². The molecule has 114 valence electrons. The van der Waals surface area contributed by atoms with Gasteiger partial charge in [-0.05, 0) is 43.3 Å². The molecule has 2 aromatic rings. The Morgan fingerprint density at radius 3 is 2.23 bits per heavy atom. The zero-order chi connectivity index (χ0) is 15.8. The molecule has 0 spiro atoms. The quantitative estimate of drug-likeness (QED) is 0.856. The van der Waals surface area contributed by atoms with Gasteiger partial charge in [0.25, 0.3) is 0 Å². The molecule has 2 N–H and O–H groups in total. The summed E-state index contributed by atoms with van der Waals surface area (Å²) in [4.78, 5) is 22.4. The molecular formula is C17H18N2O3. The summed E-state index contributed by atoms with van der Waals surface area (Å²) in [7, 11) is 0. The third kappa shape index (κ3) is 5.28. The molecule has 0 bridgehead atoms. The predicted octanol–water partition coefficient (Wildman–Crippen LogP) is 3.58. The molecule has 5 nitrogen and oxygen atoms in total. The number of benzene rings is 2. The van der Waals surface area contributed by atoms with Crippen molar-refractivity contribution in [1.82, 2.24) is 5.32 Å². The number of anilines is 1. The first-order valence-corrected chi connectivity index (χ1v) is 7.01. The van der Waals surface area contributed by atoms with Gasteiger partial charge in [-0.15, -0.1) is 0 Å². The van der Waals surface area contributed by atoms with E-state index < -0.39 is 0 Å².